The number of hydrogen-bond acceptors (Lipinski definition) is 7. The van der Waals surface area contributed by atoms with Gasteiger partial charge in [0.2, 0.25) is 5.75 Å². The smallest absolute Gasteiger partial charge is 0.203 e. The fraction of sp³-hybridized carbons (Fsp3) is 0.208. The molecule has 0 aliphatic carbocycles. The standard InChI is InChI=1S/C24H25N5O3/c1-30-18-12-17(13-19(31-2)22(18)32-3)14-20-28-21-23(25)26-15-27-24(21)29(20)11-7-10-16-8-5-4-6-9-16/h4-10,12-13,15H,11,14H2,1-3H3,(H2,25,26,27)/b10-7+. The number of methoxy groups -OCH3 is 3. The Labute approximate surface area is 186 Å². The Morgan fingerprint density at radius 2 is 1.69 bits per heavy atom. The maximum absolute atomic E-state index is 6.08. The van der Waals surface area contributed by atoms with Gasteiger partial charge in [-0.25, -0.2) is 15.0 Å². The Kier molecular flexibility index (Phi) is 6.21. The van der Waals surface area contributed by atoms with E-state index in [-0.39, 0.29) is 0 Å². The molecule has 2 N–H and O–H groups in total. The molecule has 0 radical (unpaired) electrons. The summed E-state index contributed by atoms with van der Waals surface area (Å²) in [6, 6.07) is 14.0. The second-order valence-corrected chi connectivity index (χ2v) is 7.09. The number of aromatic nitrogens is 4. The highest BCUT2D eigenvalue weighted by Gasteiger charge is 2.18. The van der Waals surface area contributed by atoms with Crippen LogP contribution in [0.5, 0.6) is 17.2 Å². The molecule has 4 rings (SSSR count). The molecule has 2 heterocycles. The average Bonchev–Trinajstić information content (AvgIpc) is 3.17. The summed E-state index contributed by atoms with van der Waals surface area (Å²) in [6.45, 7) is 0.585. The van der Waals surface area contributed by atoms with Gasteiger partial charge in [0, 0.05) is 13.0 Å². The van der Waals surface area contributed by atoms with Crippen molar-refractivity contribution in [1.29, 1.82) is 0 Å². The summed E-state index contributed by atoms with van der Waals surface area (Å²) in [5.74, 6) is 2.89. The third-order valence-corrected chi connectivity index (χ3v) is 5.12. The zero-order chi connectivity index (χ0) is 22.5. The van der Waals surface area contributed by atoms with Crippen molar-refractivity contribution >= 4 is 23.1 Å². The summed E-state index contributed by atoms with van der Waals surface area (Å²) >= 11 is 0. The van der Waals surface area contributed by atoms with Crippen LogP contribution >= 0.6 is 0 Å². The van der Waals surface area contributed by atoms with Crippen LogP contribution in [0.15, 0.2) is 54.9 Å². The third-order valence-electron chi connectivity index (χ3n) is 5.12. The lowest BCUT2D eigenvalue weighted by atomic mass is 10.1. The van der Waals surface area contributed by atoms with Crippen LogP contribution in [0, 0.1) is 0 Å². The second kappa shape index (κ2) is 9.38. The number of nitrogens with two attached hydrogens (primary N) is 1. The summed E-state index contributed by atoms with van der Waals surface area (Å²) in [5.41, 5.74) is 9.43. The van der Waals surface area contributed by atoms with Crippen molar-refractivity contribution in [3.8, 4) is 17.2 Å². The van der Waals surface area contributed by atoms with E-state index in [0.29, 0.717) is 47.2 Å². The van der Waals surface area contributed by atoms with E-state index in [1.54, 1.807) is 21.3 Å². The Balaban J connectivity index is 1.73. The van der Waals surface area contributed by atoms with Gasteiger partial charge < -0.3 is 24.5 Å². The van der Waals surface area contributed by atoms with Crippen LogP contribution in [-0.2, 0) is 13.0 Å². The van der Waals surface area contributed by atoms with Crippen LogP contribution in [0.25, 0.3) is 17.2 Å². The Morgan fingerprint density at radius 3 is 2.34 bits per heavy atom. The number of imidazole rings is 1. The van der Waals surface area contributed by atoms with Gasteiger partial charge in [-0.15, -0.1) is 0 Å². The van der Waals surface area contributed by atoms with Crippen LogP contribution in [0.1, 0.15) is 17.0 Å². The molecule has 0 bridgehead atoms. The van der Waals surface area contributed by atoms with Crippen molar-refractivity contribution in [1.82, 2.24) is 19.5 Å². The van der Waals surface area contributed by atoms with Gasteiger partial charge in [-0.3, -0.25) is 0 Å². The zero-order valence-electron chi connectivity index (χ0n) is 18.3. The highest BCUT2D eigenvalue weighted by atomic mass is 16.5. The summed E-state index contributed by atoms with van der Waals surface area (Å²) in [4.78, 5) is 13.3. The van der Waals surface area contributed by atoms with Gasteiger partial charge in [-0.05, 0) is 23.3 Å². The first kappa shape index (κ1) is 21.2. The first-order chi connectivity index (χ1) is 15.6. The maximum Gasteiger partial charge on any atom is 0.203 e. The number of nitrogens with zero attached hydrogens (tertiary/aromatic N) is 4. The molecule has 0 spiro atoms. The number of hydrogen-bond donors (Lipinski definition) is 1. The van der Waals surface area contributed by atoms with Gasteiger partial charge >= 0.3 is 0 Å². The molecule has 32 heavy (non-hydrogen) atoms. The summed E-state index contributed by atoms with van der Waals surface area (Å²) < 4.78 is 18.5. The minimum Gasteiger partial charge on any atom is -0.493 e. The van der Waals surface area contributed by atoms with Crippen LogP contribution in [0.3, 0.4) is 0 Å². The number of anilines is 1. The molecule has 0 saturated carbocycles. The normalized spacial score (nSPS) is 11.2. The van der Waals surface area contributed by atoms with Gasteiger partial charge in [0.05, 0.1) is 21.3 Å². The molecule has 0 amide bonds. The van der Waals surface area contributed by atoms with Crippen molar-refractivity contribution in [3.05, 3.63) is 71.8 Å². The van der Waals surface area contributed by atoms with E-state index in [2.05, 4.69) is 34.3 Å². The first-order valence-corrected chi connectivity index (χ1v) is 10.1. The molecule has 164 valence electrons. The van der Waals surface area contributed by atoms with Gasteiger partial charge in [-0.2, -0.15) is 0 Å². The number of rotatable bonds is 8. The van der Waals surface area contributed by atoms with Gasteiger partial charge in [0.25, 0.3) is 0 Å². The maximum atomic E-state index is 6.08. The van der Waals surface area contributed by atoms with Gasteiger partial charge in [0.15, 0.2) is 28.5 Å². The molecule has 0 unspecified atom stereocenters. The molecule has 8 heteroatoms. The van der Waals surface area contributed by atoms with Crippen LogP contribution < -0.4 is 19.9 Å². The van der Waals surface area contributed by atoms with Gasteiger partial charge in [0.1, 0.15) is 12.2 Å². The lowest BCUT2D eigenvalue weighted by molar-refractivity contribution is 0.324. The minimum absolute atomic E-state index is 0.354. The van der Waals surface area contributed by atoms with Crippen LogP contribution in [0.2, 0.25) is 0 Å². The lowest BCUT2D eigenvalue weighted by Gasteiger charge is -2.14. The molecule has 8 nitrogen and oxygen atoms in total. The first-order valence-electron chi connectivity index (χ1n) is 10.1. The fourth-order valence-corrected chi connectivity index (χ4v) is 3.60. The van der Waals surface area contributed by atoms with E-state index in [0.717, 1.165) is 17.0 Å². The van der Waals surface area contributed by atoms with Crippen LogP contribution in [0.4, 0.5) is 5.82 Å². The van der Waals surface area contributed by atoms with E-state index >= 15 is 0 Å². The van der Waals surface area contributed by atoms with E-state index in [4.69, 9.17) is 24.9 Å². The van der Waals surface area contributed by atoms with Crippen molar-refractivity contribution < 1.29 is 14.2 Å². The number of allylic oxidation sites excluding steroid dienone is 1. The van der Waals surface area contributed by atoms with Crippen molar-refractivity contribution in [2.24, 2.45) is 0 Å². The molecule has 0 fully saturated rings. The molecule has 0 atom stereocenters. The molecule has 0 aliphatic heterocycles. The number of ether oxygens (including phenoxy) is 3. The molecule has 4 aromatic rings. The predicted molar refractivity (Wildman–Crippen MR) is 124 cm³/mol. The molecular formula is C24H25N5O3. The number of fused-ring (bicyclic) bond motifs is 1. The summed E-state index contributed by atoms with van der Waals surface area (Å²) in [5, 5.41) is 0. The Hall–Kier alpha value is -4.07. The predicted octanol–water partition coefficient (Wildman–Crippen LogP) is 3.74. The fourth-order valence-electron chi connectivity index (χ4n) is 3.60. The molecular weight excluding hydrogens is 406 g/mol. The third kappa shape index (κ3) is 4.20. The van der Waals surface area contributed by atoms with Crippen molar-refractivity contribution in [2.45, 2.75) is 13.0 Å². The SMILES string of the molecule is COc1cc(Cc2nc3c(N)ncnc3n2C/C=C/c2ccccc2)cc(OC)c1OC. The monoisotopic (exact) mass is 431 g/mol. The van der Waals surface area contributed by atoms with Gasteiger partial charge in [-0.1, -0.05) is 42.5 Å². The van der Waals surface area contributed by atoms with E-state index < -0.39 is 0 Å². The highest BCUT2D eigenvalue weighted by molar-refractivity contribution is 5.82. The van der Waals surface area contributed by atoms with E-state index in [1.165, 1.54) is 6.33 Å². The average molecular weight is 431 g/mol. The quantitative estimate of drug-likeness (QED) is 0.454. The largest absolute Gasteiger partial charge is 0.493 e. The molecule has 0 aliphatic rings. The Bertz CT molecular complexity index is 1230. The number of nitrogen functional groups attached to an aromatic ring is 1. The second-order valence-electron chi connectivity index (χ2n) is 7.09. The Morgan fingerprint density at radius 1 is 0.969 bits per heavy atom. The highest BCUT2D eigenvalue weighted by Crippen LogP contribution is 2.38. The summed E-state index contributed by atoms with van der Waals surface area (Å²) in [7, 11) is 4.78. The zero-order valence-corrected chi connectivity index (χ0v) is 18.3. The summed E-state index contributed by atoms with van der Waals surface area (Å²) in [6.07, 6.45) is 6.12. The van der Waals surface area contributed by atoms with Crippen LogP contribution in [-0.4, -0.2) is 40.8 Å². The van der Waals surface area contributed by atoms with Crippen molar-refractivity contribution in [3.63, 3.8) is 0 Å². The van der Waals surface area contributed by atoms with E-state index in [1.807, 2.05) is 34.9 Å². The lowest BCUT2D eigenvalue weighted by Crippen LogP contribution is -2.05. The molecule has 2 aromatic carbocycles. The number of benzene rings is 2. The van der Waals surface area contributed by atoms with Crippen molar-refractivity contribution in [2.75, 3.05) is 27.1 Å². The molecule has 0 saturated heterocycles. The topological polar surface area (TPSA) is 97.3 Å². The minimum atomic E-state index is 0.354. The molecule has 2 aromatic heterocycles. The van der Waals surface area contributed by atoms with E-state index in [9.17, 15) is 0 Å².